The van der Waals surface area contributed by atoms with Crippen molar-refractivity contribution >= 4 is 39.1 Å². The van der Waals surface area contributed by atoms with Crippen LogP contribution in [0.4, 0.5) is 17.3 Å². The molecule has 168 valence electrons. The van der Waals surface area contributed by atoms with Crippen LogP contribution in [0.3, 0.4) is 0 Å². The van der Waals surface area contributed by atoms with Gasteiger partial charge in [0.25, 0.3) is 0 Å². The third-order valence-electron chi connectivity index (χ3n) is 6.92. The summed E-state index contributed by atoms with van der Waals surface area (Å²) in [5.74, 6) is 0.571. The molecule has 7 rings (SSSR count). The molecular formula is C27H24N6O. The van der Waals surface area contributed by atoms with Crippen molar-refractivity contribution in [1.82, 2.24) is 19.7 Å². The summed E-state index contributed by atoms with van der Waals surface area (Å²) in [7, 11) is 0. The monoisotopic (exact) mass is 448 g/mol. The average Bonchev–Trinajstić information content (AvgIpc) is 3.48. The van der Waals surface area contributed by atoms with Crippen LogP contribution in [0.25, 0.3) is 21.8 Å². The lowest BCUT2D eigenvalue weighted by Crippen LogP contribution is -2.36. The van der Waals surface area contributed by atoms with Crippen LogP contribution < -0.4 is 10.2 Å². The minimum absolute atomic E-state index is 0.133. The minimum Gasteiger partial charge on any atom is -0.378 e. The van der Waals surface area contributed by atoms with E-state index in [9.17, 15) is 0 Å². The maximum Gasteiger partial charge on any atom is 0.229 e. The lowest BCUT2D eigenvalue weighted by Gasteiger charge is -2.28. The molecule has 1 N–H and O–H groups in total. The number of anilines is 3. The third kappa shape index (κ3) is 3.20. The lowest BCUT2D eigenvalue weighted by molar-refractivity contribution is 0.122. The summed E-state index contributed by atoms with van der Waals surface area (Å²) in [6.45, 7) is 3.41. The SMILES string of the molecule is c1cc2c3c(cccc3c1)C(n1ncc3cnc(Nc4ccc(N5CCOCC5)cc4)nc31)C2. The van der Waals surface area contributed by atoms with Crippen LogP contribution in [-0.2, 0) is 11.2 Å². The van der Waals surface area contributed by atoms with E-state index in [2.05, 4.69) is 80.5 Å². The van der Waals surface area contributed by atoms with Gasteiger partial charge in [-0.05, 0) is 52.6 Å². The van der Waals surface area contributed by atoms with E-state index in [1.807, 2.05) is 12.4 Å². The molecule has 0 bridgehead atoms. The molecule has 5 aromatic rings. The zero-order chi connectivity index (χ0) is 22.5. The molecule has 7 nitrogen and oxygen atoms in total. The van der Waals surface area contributed by atoms with Gasteiger partial charge in [0, 0.05) is 30.7 Å². The van der Waals surface area contributed by atoms with Crippen LogP contribution in [0.15, 0.2) is 73.1 Å². The fourth-order valence-corrected chi connectivity index (χ4v) is 5.26. The Kier molecular flexibility index (Phi) is 4.48. The fraction of sp³-hybridized carbons (Fsp3) is 0.222. The Labute approximate surface area is 197 Å². The van der Waals surface area contributed by atoms with Gasteiger partial charge in [0.1, 0.15) is 0 Å². The second kappa shape index (κ2) is 7.81. The van der Waals surface area contributed by atoms with Gasteiger partial charge >= 0.3 is 0 Å². The fourth-order valence-electron chi connectivity index (χ4n) is 5.26. The van der Waals surface area contributed by atoms with E-state index >= 15 is 0 Å². The van der Waals surface area contributed by atoms with E-state index in [1.165, 1.54) is 27.6 Å². The summed E-state index contributed by atoms with van der Waals surface area (Å²) >= 11 is 0. The van der Waals surface area contributed by atoms with Crippen LogP contribution in [0.2, 0.25) is 0 Å². The predicted molar refractivity (Wildman–Crippen MR) is 134 cm³/mol. The van der Waals surface area contributed by atoms with Crippen LogP contribution >= 0.6 is 0 Å². The highest BCUT2D eigenvalue weighted by Crippen LogP contribution is 2.39. The quantitative estimate of drug-likeness (QED) is 0.430. The first-order chi connectivity index (χ1) is 16.8. The molecule has 1 atom stereocenters. The van der Waals surface area contributed by atoms with E-state index in [-0.39, 0.29) is 6.04 Å². The van der Waals surface area contributed by atoms with Gasteiger partial charge in [-0.15, -0.1) is 0 Å². The Bertz CT molecular complexity index is 1500. The normalized spacial score (nSPS) is 17.5. The topological polar surface area (TPSA) is 68.1 Å². The van der Waals surface area contributed by atoms with Gasteiger partial charge in [0.15, 0.2) is 5.65 Å². The first-order valence-corrected chi connectivity index (χ1v) is 11.7. The van der Waals surface area contributed by atoms with E-state index in [0.29, 0.717) is 5.95 Å². The molecule has 0 saturated carbocycles. The maximum absolute atomic E-state index is 5.46. The molecule has 1 unspecified atom stereocenters. The molecule has 2 aliphatic rings. The Morgan fingerprint density at radius 2 is 1.71 bits per heavy atom. The molecule has 3 heterocycles. The second-order valence-corrected chi connectivity index (χ2v) is 8.92. The van der Waals surface area contributed by atoms with Crippen LogP contribution in [-0.4, -0.2) is 46.1 Å². The molecule has 1 fully saturated rings. The molecule has 1 aliphatic heterocycles. The number of morpholine rings is 1. The standard InChI is InChI=1S/C27H24N6O/c1-3-18-4-2-6-23-24(15-19(5-1)25(18)23)33-26-20(17-29-33)16-28-27(31-26)30-21-7-9-22(10-8-21)32-11-13-34-14-12-32/h1-10,16-17,24H,11-15H2,(H,28,30,31). The Morgan fingerprint density at radius 3 is 2.56 bits per heavy atom. The average molecular weight is 449 g/mol. The number of fused-ring (bicyclic) bond motifs is 1. The molecule has 0 spiro atoms. The van der Waals surface area contributed by atoms with Gasteiger partial charge < -0.3 is 15.0 Å². The van der Waals surface area contributed by atoms with Gasteiger partial charge in [-0.3, -0.25) is 0 Å². The summed E-state index contributed by atoms with van der Waals surface area (Å²) in [6.07, 6.45) is 4.63. The van der Waals surface area contributed by atoms with Crippen molar-refractivity contribution in [3.05, 3.63) is 84.2 Å². The number of hydrogen-bond donors (Lipinski definition) is 1. The highest BCUT2D eigenvalue weighted by molar-refractivity contribution is 5.91. The van der Waals surface area contributed by atoms with E-state index < -0.39 is 0 Å². The van der Waals surface area contributed by atoms with Gasteiger partial charge in [0.05, 0.1) is 30.8 Å². The summed E-state index contributed by atoms with van der Waals surface area (Å²) in [4.78, 5) is 11.7. The van der Waals surface area contributed by atoms with Crippen molar-refractivity contribution in [2.45, 2.75) is 12.5 Å². The molecule has 34 heavy (non-hydrogen) atoms. The molecule has 3 aromatic carbocycles. The summed E-state index contributed by atoms with van der Waals surface area (Å²) in [5.41, 5.74) is 5.69. The Balaban J connectivity index is 1.19. The molecule has 1 aliphatic carbocycles. The zero-order valence-electron chi connectivity index (χ0n) is 18.7. The molecule has 1 saturated heterocycles. The third-order valence-corrected chi connectivity index (χ3v) is 6.92. The predicted octanol–water partition coefficient (Wildman–Crippen LogP) is 4.71. The first-order valence-electron chi connectivity index (χ1n) is 11.7. The highest BCUT2D eigenvalue weighted by Gasteiger charge is 2.27. The molecule has 0 amide bonds. The van der Waals surface area contributed by atoms with E-state index in [1.54, 1.807) is 0 Å². The number of ether oxygens (including phenoxy) is 1. The summed E-state index contributed by atoms with van der Waals surface area (Å²) in [5, 5.41) is 11.7. The van der Waals surface area contributed by atoms with Crippen molar-refractivity contribution in [2.75, 3.05) is 36.5 Å². The number of rotatable bonds is 4. The Morgan fingerprint density at radius 1 is 0.882 bits per heavy atom. The minimum atomic E-state index is 0.133. The number of nitrogens with zero attached hydrogens (tertiary/aromatic N) is 5. The lowest BCUT2D eigenvalue weighted by atomic mass is 10.0. The summed E-state index contributed by atoms with van der Waals surface area (Å²) in [6, 6.07) is 21.6. The van der Waals surface area contributed by atoms with Crippen LogP contribution in [0.1, 0.15) is 17.2 Å². The zero-order valence-corrected chi connectivity index (χ0v) is 18.7. The first kappa shape index (κ1) is 19.5. The van der Waals surface area contributed by atoms with Crippen molar-refractivity contribution in [2.24, 2.45) is 0 Å². The van der Waals surface area contributed by atoms with Crippen molar-refractivity contribution in [3.8, 4) is 0 Å². The second-order valence-electron chi connectivity index (χ2n) is 8.92. The smallest absolute Gasteiger partial charge is 0.229 e. The van der Waals surface area contributed by atoms with Gasteiger partial charge in [-0.2, -0.15) is 10.1 Å². The Hall–Kier alpha value is -3.97. The van der Waals surface area contributed by atoms with Crippen LogP contribution in [0.5, 0.6) is 0 Å². The van der Waals surface area contributed by atoms with Crippen molar-refractivity contribution in [1.29, 1.82) is 0 Å². The highest BCUT2D eigenvalue weighted by atomic mass is 16.5. The molecular weight excluding hydrogens is 424 g/mol. The number of hydrogen-bond acceptors (Lipinski definition) is 6. The van der Waals surface area contributed by atoms with E-state index in [0.717, 1.165) is 49.4 Å². The summed E-state index contributed by atoms with van der Waals surface area (Å²) < 4.78 is 7.51. The van der Waals surface area contributed by atoms with Crippen molar-refractivity contribution in [3.63, 3.8) is 0 Å². The van der Waals surface area contributed by atoms with Crippen molar-refractivity contribution < 1.29 is 4.74 Å². The number of benzene rings is 3. The van der Waals surface area contributed by atoms with Gasteiger partial charge in [0.2, 0.25) is 5.95 Å². The molecule has 7 heteroatoms. The van der Waals surface area contributed by atoms with E-state index in [4.69, 9.17) is 14.8 Å². The number of aromatic nitrogens is 4. The molecule has 2 aromatic heterocycles. The number of nitrogens with one attached hydrogen (secondary N) is 1. The van der Waals surface area contributed by atoms with Crippen LogP contribution in [0, 0.1) is 0 Å². The van der Waals surface area contributed by atoms with Gasteiger partial charge in [-0.1, -0.05) is 36.4 Å². The maximum atomic E-state index is 5.46. The largest absolute Gasteiger partial charge is 0.378 e. The van der Waals surface area contributed by atoms with Gasteiger partial charge in [-0.25, -0.2) is 9.67 Å². The molecule has 0 radical (unpaired) electrons.